The largest absolute Gasteiger partial charge is 0.330 e. The highest BCUT2D eigenvalue weighted by Crippen LogP contribution is 2.41. The molecular weight excluding hydrogens is 196 g/mol. The maximum atomic E-state index is 5.79. The van der Waals surface area contributed by atoms with Crippen LogP contribution in [0, 0.1) is 6.92 Å². The minimum absolute atomic E-state index is 0.327. The van der Waals surface area contributed by atoms with Gasteiger partial charge in [-0.3, -0.25) is 4.98 Å². The minimum Gasteiger partial charge on any atom is -0.330 e. The zero-order valence-corrected chi connectivity index (χ0v) is 10.2. The lowest BCUT2D eigenvalue weighted by molar-refractivity contribution is 0.277. The van der Waals surface area contributed by atoms with Gasteiger partial charge in [-0.2, -0.15) is 0 Å². The molecule has 1 aromatic heterocycles. The topological polar surface area (TPSA) is 38.9 Å². The van der Waals surface area contributed by atoms with Crippen LogP contribution in [0.1, 0.15) is 49.8 Å². The summed E-state index contributed by atoms with van der Waals surface area (Å²) in [7, 11) is 0. The molecule has 1 aliphatic rings. The fourth-order valence-corrected chi connectivity index (χ4v) is 2.97. The summed E-state index contributed by atoms with van der Waals surface area (Å²) in [5.74, 6) is 0. The first-order chi connectivity index (χ1) is 7.77. The molecule has 0 saturated heterocycles. The van der Waals surface area contributed by atoms with Gasteiger partial charge in [0.25, 0.3) is 0 Å². The SMILES string of the molecule is Cc1ccc(C2(CCN)CCCCC2)cn1. The predicted octanol–water partition coefficient (Wildman–Crippen LogP) is 2.94. The van der Waals surface area contributed by atoms with Crippen LogP contribution < -0.4 is 5.73 Å². The van der Waals surface area contributed by atoms with Crippen molar-refractivity contribution >= 4 is 0 Å². The molecule has 1 saturated carbocycles. The molecular formula is C14H22N2. The molecule has 0 unspecified atom stereocenters. The van der Waals surface area contributed by atoms with Crippen molar-refractivity contribution in [2.24, 2.45) is 5.73 Å². The zero-order chi connectivity index (χ0) is 11.4. The molecule has 2 N–H and O–H groups in total. The number of nitrogens with zero attached hydrogens (tertiary/aromatic N) is 1. The fraction of sp³-hybridized carbons (Fsp3) is 0.643. The van der Waals surface area contributed by atoms with E-state index in [4.69, 9.17) is 5.73 Å². The number of hydrogen-bond donors (Lipinski definition) is 1. The molecule has 0 atom stereocenters. The van der Waals surface area contributed by atoms with Crippen LogP contribution in [0.15, 0.2) is 18.3 Å². The Morgan fingerprint density at radius 3 is 2.56 bits per heavy atom. The molecule has 1 heterocycles. The van der Waals surface area contributed by atoms with Gasteiger partial charge in [-0.15, -0.1) is 0 Å². The van der Waals surface area contributed by atoms with Gasteiger partial charge in [0.1, 0.15) is 0 Å². The van der Waals surface area contributed by atoms with Gasteiger partial charge in [-0.1, -0.05) is 25.3 Å². The van der Waals surface area contributed by atoms with Crippen LogP contribution in [0.2, 0.25) is 0 Å². The summed E-state index contributed by atoms with van der Waals surface area (Å²) in [4.78, 5) is 4.44. The summed E-state index contributed by atoms with van der Waals surface area (Å²) in [5, 5.41) is 0. The third-order valence-corrected chi connectivity index (χ3v) is 3.96. The third kappa shape index (κ3) is 2.27. The standard InChI is InChI=1S/C14H22N2/c1-12-5-6-13(11-16-12)14(9-10-15)7-3-2-4-8-14/h5-6,11H,2-4,7-10,15H2,1H3. The van der Waals surface area contributed by atoms with E-state index in [1.165, 1.54) is 37.7 Å². The summed E-state index contributed by atoms with van der Waals surface area (Å²) < 4.78 is 0. The quantitative estimate of drug-likeness (QED) is 0.847. The van der Waals surface area contributed by atoms with Crippen molar-refractivity contribution in [2.45, 2.75) is 50.9 Å². The molecule has 1 aromatic rings. The number of hydrogen-bond acceptors (Lipinski definition) is 2. The third-order valence-electron chi connectivity index (χ3n) is 3.96. The van der Waals surface area contributed by atoms with E-state index in [0.29, 0.717) is 5.41 Å². The van der Waals surface area contributed by atoms with Crippen molar-refractivity contribution in [2.75, 3.05) is 6.54 Å². The first kappa shape index (κ1) is 11.6. The summed E-state index contributed by atoms with van der Waals surface area (Å²) in [5.41, 5.74) is 8.62. The van der Waals surface area contributed by atoms with Gasteiger partial charge in [0.2, 0.25) is 0 Å². The average molecular weight is 218 g/mol. The first-order valence-corrected chi connectivity index (χ1v) is 6.40. The van der Waals surface area contributed by atoms with Gasteiger partial charge in [0.05, 0.1) is 0 Å². The maximum Gasteiger partial charge on any atom is 0.0372 e. The molecule has 0 spiro atoms. The Kier molecular flexibility index (Phi) is 3.59. The van der Waals surface area contributed by atoms with E-state index in [-0.39, 0.29) is 0 Å². The van der Waals surface area contributed by atoms with Crippen LogP contribution in [0.25, 0.3) is 0 Å². The molecule has 16 heavy (non-hydrogen) atoms. The van der Waals surface area contributed by atoms with E-state index >= 15 is 0 Å². The molecule has 0 radical (unpaired) electrons. The number of pyridine rings is 1. The van der Waals surface area contributed by atoms with Crippen molar-refractivity contribution in [3.63, 3.8) is 0 Å². The molecule has 88 valence electrons. The van der Waals surface area contributed by atoms with Gasteiger partial charge in [0.15, 0.2) is 0 Å². The van der Waals surface area contributed by atoms with Gasteiger partial charge in [-0.05, 0) is 49.8 Å². The summed E-state index contributed by atoms with van der Waals surface area (Å²) in [6, 6.07) is 4.38. The van der Waals surface area contributed by atoms with Crippen LogP contribution in [-0.2, 0) is 5.41 Å². The second-order valence-electron chi connectivity index (χ2n) is 5.07. The van der Waals surface area contributed by atoms with Crippen molar-refractivity contribution in [1.82, 2.24) is 4.98 Å². The van der Waals surface area contributed by atoms with Crippen molar-refractivity contribution in [3.05, 3.63) is 29.6 Å². The first-order valence-electron chi connectivity index (χ1n) is 6.40. The Morgan fingerprint density at radius 2 is 2.00 bits per heavy atom. The van der Waals surface area contributed by atoms with Crippen molar-refractivity contribution < 1.29 is 0 Å². The molecule has 2 nitrogen and oxygen atoms in total. The van der Waals surface area contributed by atoms with Crippen LogP contribution in [0.5, 0.6) is 0 Å². The summed E-state index contributed by atoms with van der Waals surface area (Å²) in [6.45, 7) is 2.83. The highest BCUT2D eigenvalue weighted by atomic mass is 14.7. The molecule has 1 fully saturated rings. The van der Waals surface area contributed by atoms with E-state index in [1.54, 1.807) is 0 Å². The highest BCUT2D eigenvalue weighted by Gasteiger charge is 2.33. The maximum absolute atomic E-state index is 5.79. The highest BCUT2D eigenvalue weighted by molar-refractivity contribution is 5.24. The van der Waals surface area contributed by atoms with E-state index in [0.717, 1.165) is 18.7 Å². The molecule has 2 rings (SSSR count). The normalized spacial score (nSPS) is 19.6. The minimum atomic E-state index is 0.327. The smallest absolute Gasteiger partial charge is 0.0372 e. The number of aromatic nitrogens is 1. The molecule has 1 aliphatic carbocycles. The van der Waals surface area contributed by atoms with Gasteiger partial charge >= 0.3 is 0 Å². The van der Waals surface area contributed by atoms with Crippen LogP contribution >= 0.6 is 0 Å². The van der Waals surface area contributed by atoms with Gasteiger partial charge in [0, 0.05) is 11.9 Å². The van der Waals surface area contributed by atoms with Crippen LogP contribution in [-0.4, -0.2) is 11.5 Å². The summed E-state index contributed by atoms with van der Waals surface area (Å²) in [6.07, 6.45) is 9.81. The lowest BCUT2D eigenvalue weighted by Crippen LogP contribution is -2.31. The van der Waals surface area contributed by atoms with Crippen LogP contribution in [0.4, 0.5) is 0 Å². The second-order valence-corrected chi connectivity index (χ2v) is 5.07. The van der Waals surface area contributed by atoms with E-state index in [2.05, 4.69) is 23.3 Å². The lowest BCUT2D eigenvalue weighted by Gasteiger charge is -2.37. The Labute approximate surface area is 98.3 Å². The number of nitrogens with two attached hydrogens (primary N) is 1. The van der Waals surface area contributed by atoms with E-state index in [9.17, 15) is 0 Å². The van der Waals surface area contributed by atoms with Crippen molar-refractivity contribution in [1.29, 1.82) is 0 Å². The fourth-order valence-electron chi connectivity index (χ4n) is 2.97. The van der Waals surface area contributed by atoms with Gasteiger partial charge < -0.3 is 5.73 Å². The molecule has 0 bridgehead atoms. The predicted molar refractivity (Wildman–Crippen MR) is 67.4 cm³/mol. The van der Waals surface area contributed by atoms with E-state index in [1.807, 2.05) is 6.92 Å². The molecule has 0 aromatic carbocycles. The Hall–Kier alpha value is -0.890. The van der Waals surface area contributed by atoms with Gasteiger partial charge in [-0.25, -0.2) is 0 Å². The van der Waals surface area contributed by atoms with E-state index < -0.39 is 0 Å². The van der Waals surface area contributed by atoms with Crippen LogP contribution in [0.3, 0.4) is 0 Å². The number of aryl methyl sites for hydroxylation is 1. The molecule has 0 amide bonds. The lowest BCUT2D eigenvalue weighted by atomic mass is 9.68. The Morgan fingerprint density at radius 1 is 1.25 bits per heavy atom. The monoisotopic (exact) mass is 218 g/mol. The second kappa shape index (κ2) is 4.96. The Bertz CT molecular complexity index is 318. The molecule has 0 aliphatic heterocycles. The zero-order valence-electron chi connectivity index (χ0n) is 10.2. The average Bonchev–Trinajstić information content (AvgIpc) is 2.31. The number of rotatable bonds is 3. The summed E-state index contributed by atoms with van der Waals surface area (Å²) >= 11 is 0. The molecule has 2 heteroatoms. The van der Waals surface area contributed by atoms with Crippen molar-refractivity contribution in [3.8, 4) is 0 Å². The Balaban J connectivity index is 2.26.